The molecule has 23 heavy (non-hydrogen) atoms. The van der Waals surface area contributed by atoms with Gasteiger partial charge in [-0.2, -0.15) is 0 Å². The van der Waals surface area contributed by atoms with Crippen LogP contribution in [0.25, 0.3) is 11.3 Å². The predicted octanol–water partition coefficient (Wildman–Crippen LogP) is 3.39. The van der Waals surface area contributed by atoms with Gasteiger partial charge >= 0.3 is 0 Å². The van der Waals surface area contributed by atoms with Gasteiger partial charge in [-0.15, -0.1) is 36.2 Å². The minimum atomic E-state index is -0.121. The van der Waals surface area contributed by atoms with E-state index in [9.17, 15) is 4.79 Å². The molecule has 0 aliphatic heterocycles. The van der Waals surface area contributed by atoms with Gasteiger partial charge in [0.15, 0.2) is 0 Å². The van der Waals surface area contributed by atoms with Crippen molar-refractivity contribution in [3.8, 4) is 11.3 Å². The van der Waals surface area contributed by atoms with Crippen LogP contribution < -0.4 is 11.1 Å². The number of carbonyl (C=O) groups excluding carboxylic acids is 1. The zero-order chi connectivity index (χ0) is 15.4. The fourth-order valence-corrected chi connectivity index (χ4v) is 2.84. The first-order valence-electron chi connectivity index (χ1n) is 7.11. The summed E-state index contributed by atoms with van der Waals surface area (Å²) >= 11 is 1.60. The van der Waals surface area contributed by atoms with Crippen LogP contribution in [-0.2, 0) is 0 Å². The summed E-state index contributed by atoms with van der Waals surface area (Å²) < 4.78 is 0. The molecule has 0 aliphatic rings. The number of hydrogen-bond donors (Lipinski definition) is 3. The molecule has 2 aromatic heterocycles. The smallest absolute Gasteiger partial charge is 0.267 e. The summed E-state index contributed by atoms with van der Waals surface area (Å²) in [5.41, 5.74) is 8.07. The molecule has 2 aromatic rings. The molecule has 1 atom stereocenters. The van der Waals surface area contributed by atoms with E-state index in [1.807, 2.05) is 24.6 Å². The van der Waals surface area contributed by atoms with E-state index in [4.69, 9.17) is 5.73 Å². The van der Waals surface area contributed by atoms with Crippen LogP contribution in [0.3, 0.4) is 0 Å². The first-order valence-corrected chi connectivity index (χ1v) is 7.99. The van der Waals surface area contributed by atoms with Crippen LogP contribution in [0.4, 0.5) is 0 Å². The van der Waals surface area contributed by atoms with Gasteiger partial charge in [-0.25, -0.2) is 4.98 Å². The SMILES string of the molecule is Cc1nc(-c2c[nH]c(C(=O)NC(CN)CC(C)C)c2)cs1.Cl.Cl. The van der Waals surface area contributed by atoms with E-state index in [2.05, 4.69) is 29.1 Å². The highest BCUT2D eigenvalue weighted by Crippen LogP contribution is 2.22. The van der Waals surface area contributed by atoms with Gasteiger partial charge in [-0.05, 0) is 25.3 Å². The van der Waals surface area contributed by atoms with Gasteiger partial charge in [-0.1, -0.05) is 13.8 Å². The lowest BCUT2D eigenvalue weighted by atomic mass is 10.0. The highest BCUT2D eigenvalue weighted by atomic mass is 35.5. The van der Waals surface area contributed by atoms with Crippen molar-refractivity contribution >= 4 is 42.1 Å². The van der Waals surface area contributed by atoms with Gasteiger partial charge in [-0.3, -0.25) is 4.79 Å². The number of hydrogen-bond acceptors (Lipinski definition) is 4. The molecule has 0 bridgehead atoms. The molecule has 2 rings (SSSR count). The Morgan fingerprint density at radius 2 is 2.13 bits per heavy atom. The van der Waals surface area contributed by atoms with E-state index in [0.29, 0.717) is 18.2 Å². The van der Waals surface area contributed by atoms with Crippen molar-refractivity contribution in [2.75, 3.05) is 6.54 Å². The van der Waals surface area contributed by atoms with Gasteiger partial charge in [0, 0.05) is 29.7 Å². The number of carbonyl (C=O) groups is 1. The molecule has 1 amide bonds. The maximum Gasteiger partial charge on any atom is 0.267 e. The van der Waals surface area contributed by atoms with E-state index in [0.717, 1.165) is 22.7 Å². The van der Waals surface area contributed by atoms with E-state index >= 15 is 0 Å². The van der Waals surface area contributed by atoms with E-state index in [1.165, 1.54) is 0 Å². The first kappa shape index (κ1) is 21.9. The van der Waals surface area contributed by atoms with Crippen molar-refractivity contribution in [1.29, 1.82) is 0 Å². The van der Waals surface area contributed by atoms with Crippen LogP contribution in [0.2, 0.25) is 0 Å². The fraction of sp³-hybridized carbons (Fsp3) is 0.467. The number of amides is 1. The lowest BCUT2D eigenvalue weighted by molar-refractivity contribution is 0.0929. The Kier molecular flexibility index (Phi) is 9.46. The summed E-state index contributed by atoms with van der Waals surface area (Å²) in [7, 11) is 0. The molecule has 4 N–H and O–H groups in total. The second kappa shape index (κ2) is 9.93. The maximum absolute atomic E-state index is 12.2. The highest BCUT2D eigenvalue weighted by molar-refractivity contribution is 7.09. The Labute approximate surface area is 153 Å². The minimum Gasteiger partial charge on any atom is -0.357 e. The summed E-state index contributed by atoms with van der Waals surface area (Å²) in [5, 5.41) is 5.97. The molecule has 5 nitrogen and oxygen atoms in total. The van der Waals surface area contributed by atoms with Crippen molar-refractivity contribution in [2.24, 2.45) is 11.7 Å². The third-order valence-corrected chi connectivity index (χ3v) is 3.99. The molecule has 130 valence electrons. The molecule has 1 unspecified atom stereocenters. The number of halogens is 2. The van der Waals surface area contributed by atoms with Crippen LogP contribution in [0.5, 0.6) is 0 Å². The predicted molar refractivity (Wildman–Crippen MR) is 101 cm³/mol. The zero-order valence-corrected chi connectivity index (χ0v) is 15.9. The Hall–Kier alpha value is -1.08. The quantitative estimate of drug-likeness (QED) is 0.719. The van der Waals surface area contributed by atoms with Crippen molar-refractivity contribution in [3.63, 3.8) is 0 Å². The minimum absolute atomic E-state index is 0. The third-order valence-electron chi connectivity index (χ3n) is 3.22. The van der Waals surface area contributed by atoms with Crippen molar-refractivity contribution < 1.29 is 4.79 Å². The van der Waals surface area contributed by atoms with E-state index in [1.54, 1.807) is 11.3 Å². The molecule has 8 heteroatoms. The number of aromatic nitrogens is 2. The second-order valence-corrected chi connectivity index (χ2v) is 6.65. The number of nitrogens with one attached hydrogen (secondary N) is 2. The number of aryl methyl sites for hydroxylation is 1. The van der Waals surface area contributed by atoms with E-state index in [-0.39, 0.29) is 36.8 Å². The molecule has 0 radical (unpaired) electrons. The molecule has 0 fully saturated rings. The van der Waals surface area contributed by atoms with Gasteiger partial charge < -0.3 is 16.0 Å². The first-order chi connectivity index (χ1) is 9.99. The van der Waals surface area contributed by atoms with Gasteiger partial charge in [0.2, 0.25) is 0 Å². The normalized spacial score (nSPS) is 11.5. The topological polar surface area (TPSA) is 83.8 Å². The number of nitrogens with two attached hydrogens (primary N) is 1. The summed E-state index contributed by atoms with van der Waals surface area (Å²) in [6.45, 7) is 6.65. The molecule has 2 heterocycles. The highest BCUT2D eigenvalue weighted by Gasteiger charge is 2.16. The van der Waals surface area contributed by atoms with Crippen LogP contribution in [0.1, 0.15) is 35.8 Å². The van der Waals surface area contributed by atoms with Gasteiger partial charge in [0.25, 0.3) is 5.91 Å². The molecule has 0 saturated carbocycles. The molecule has 0 aliphatic carbocycles. The monoisotopic (exact) mass is 378 g/mol. The van der Waals surface area contributed by atoms with Crippen molar-refractivity contribution in [3.05, 3.63) is 28.3 Å². The van der Waals surface area contributed by atoms with Crippen LogP contribution in [0.15, 0.2) is 17.6 Å². The average Bonchev–Trinajstić information content (AvgIpc) is 3.05. The lowest BCUT2D eigenvalue weighted by Crippen LogP contribution is -2.41. The van der Waals surface area contributed by atoms with Crippen LogP contribution in [-0.4, -0.2) is 28.5 Å². The molecule has 0 saturated heterocycles. The fourth-order valence-electron chi connectivity index (χ4n) is 2.22. The summed E-state index contributed by atoms with van der Waals surface area (Å²) in [6, 6.07) is 1.83. The largest absolute Gasteiger partial charge is 0.357 e. The average molecular weight is 379 g/mol. The Morgan fingerprint density at radius 3 is 2.65 bits per heavy atom. The standard InChI is InChI=1S/C15H22N4OS.2ClH/c1-9(2)4-12(6-16)19-15(20)13-5-11(7-17-13)14-8-21-10(3)18-14;;/h5,7-9,12,17H,4,6,16H2,1-3H3,(H,19,20);2*1H. The Morgan fingerprint density at radius 1 is 1.43 bits per heavy atom. The van der Waals surface area contributed by atoms with Gasteiger partial charge in [0.1, 0.15) is 5.69 Å². The van der Waals surface area contributed by atoms with Crippen LogP contribution >= 0.6 is 36.2 Å². The summed E-state index contributed by atoms with van der Waals surface area (Å²) in [4.78, 5) is 19.7. The second-order valence-electron chi connectivity index (χ2n) is 5.59. The molecule has 0 spiro atoms. The third kappa shape index (κ3) is 6.14. The Balaban J connectivity index is 0.00000242. The number of aromatic amines is 1. The zero-order valence-electron chi connectivity index (χ0n) is 13.5. The maximum atomic E-state index is 12.2. The Bertz CT molecular complexity index is 612. The number of nitrogens with zero attached hydrogens (tertiary/aromatic N) is 1. The molecular weight excluding hydrogens is 355 g/mol. The molecular formula is C15H24Cl2N4OS. The molecule has 0 aromatic carbocycles. The number of thiazole rings is 1. The van der Waals surface area contributed by atoms with Crippen molar-refractivity contribution in [2.45, 2.75) is 33.2 Å². The van der Waals surface area contributed by atoms with Gasteiger partial charge in [0.05, 0.1) is 10.7 Å². The van der Waals surface area contributed by atoms with E-state index < -0.39 is 0 Å². The number of rotatable bonds is 6. The number of H-pyrrole nitrogens is 1. The van der Waals surface area contributed by atoms with Crippen molar-refractivity contribution in [1.82, 2.24) is 15.3 Å². The summed E-state index contributed by atoms with van der Waals surface area (Å²) in [6.07, 6.45) is 2.68. The summed E-state index contributed by atoms with van der Waals surface area (Å²) in [5.74, 6) is 0.375. The lowest BCUT2D eigenvalue weighted by Gasteiger charge is -2.18. The van der Waals surface area contributed by atoms with Crippen LogP contribution in [0, 0.1) is 12.8 Å².